The van der Waals surface area contributed by atoms with E-state index in [1.165, 1.54) is 16.7 Å². The number of nitriles is 1. The van der Waals surface area contributed by atoms with Crippen LogP contribution in [0.1, 0.15) is 18.4 Å². The van der Waals surface area contributed by atoms with E-state index in [0.717, 1.165) is 24.9 Å². The first-order valence-corrected chi connectivity index (χ1v) is 7.85. The lowest BCUT2D eigenvalue weighted by Crippen LogP contribution is -2.22. The molecule has 0 unspecified atom stereocenters. The minimum atomic E-state index is -0.459. The summed E-state index contributed by atoms with van der Waals surface area (Å²) in [4.78, 5) is 17.0. The second kappa shape index (κ2) is 5.31. The van der Waals surface area contributed by atoms with Crippen molar-refractivity contribution in [1.29, 1.82) is 5.26 Å². The van der Waals surface area contributed by atoms with Crippen LogP contribution in [-0.4, -0.2) is 14.1 Å². The van der Waals surface area contributed by atoms with Crippen molar-refractivity contribution in [1.82, 2.24) is 14.1 Å². The van der Waals surface area contributed by atoms with Crippen LogP contribution < -0.4 is 5.69 Å². The fourth-order valence-corrected chi connectivity index (χ4v) is 2.99. The Balaban J connectivity index is 1.89. The smallest absolute Gasteiger partial charge is 0.290 e. The van der Waals surface area contributed by atoms with Gasteiger partial charge in [-0.15, -0.1) is 0 Å². The van der Waals surface area contributed by atoms with Crippen molar-refractivity contribution in [2.45, 2.75) is 19.4 Å². The molecule has 0 amide bonds. The number of imidazole rings is 1. The Labute approximate surface area is 137 Å². The van der Waals surface area contributed by atoms with E-state index in [1.54, 1.807) is 23.7 Å². The first-order valence-electron chi connectivity index (χ1n) is 7.85. The molecule has 1 aromatic carbocycles. The van der Waals surface area contributed by atoms with E-state index in [9.17, 15) is 14.4 Å². The van der Waals surface area contributed by atoms with Gasteiger partial charge in [-0.25, -0.2) is 14.2 Å². The quantitative estimate of drug-likeness (QED) is 0.745. The van der Waals surface area contributed by atoms with E-state index in [2.05, 4.69) is 4.98 Å². The van der Waals surface area contributed by atoms with E-state index in [0.29, 0.717) is 22.8 Å². The molecular weight excluding hydrogens is 307 g/mol. The van der Waals surface area contributed by atoms with Gasteiger partial charge in [0.05, 0.1) is 22.8 Å². The van der Waals surface area contributed by atoms with Crippen LogP contribution in [0.2, 0.25) is 0 Å². The molecule has 24 heavy (non-hydrogen) atoms. The summed E-state index contributed by atoms with van der Waals surface area (Å²) in [5.74, 6) is 0.120. The highest BCUT2D eigenvalue weighted by molar-refractivity contribution is 5.78. The van der Waals surface area contributed by atoms with Crippen molar-refractivity contribution in [2.75, 3.05) is 0 Å². The molecule has 0 radical (unpaired) electrons. The van der Waals surface area contributed by atoms with Gasteiger partial charge >= 0.3 is 5.69 Å². The molecule has 5 nitrogen and oxygen atoms in total. The zero-order chi connectivity index (χ0) is 16.8. The Morgan fingerprint density at radius 1 is 1.33 bits per heavy atom. The highest BCUT2D eigenvalue weighted by Crippen LogP contribution is 2.31. The van der Waals surface area contributed by atoms with Crippen LogP contribution in [0.15, 0.2) is 35.1 Å². The van der Waals surface area contributed by atoms with Crippen molar-refractivity contribution in [3.05, 3.63) is 52.2 Å². The van der Waals surface area contributed by atoms with Gasteiger partial charge in [0.1, 0.15) is 5.82 Å². The molecule has 2 heterocycles. The molecule has 0 atom stereocenters. The summed E-state index contributed by atoms with van der Waals surface area (Å²) in [6, 6.07) is 9.67. The second-order valence-electron chi connectivity index (χ2n) is 6.24. The maximum atomic E-state index is 13.3. The third-order valence-electron chi connectivity index (χ3n) is 4.50. The van der Waals surface area contributed by atoms with E-state index in [1.807, 2.05) is 12.1 Å². The average molecular weight is 322 g/mol. The van der Waals surface area contributed by atoms with Gasteiger partial charge in [-0.3, -0.25) is 9.13 Å². The molecule has 4 rings (SSSR count). The molecule has 1 aliphatic carbocycles. The second-order valence-corrected chi connectivity index (χ2v) is 6.24. The molecule has 120 valence electrons. The van der Waals surface area contributed by atoms with Gasteiger partial charge in [0.15, 0.2) is 5.65 Å². The molecule has 0 spiro atoms. The number of benzene rings is 1. The Kier molecular flexibility index (Phi) is 3.24. The van der Waals surface area contributed by atoms with Gasteiger partial charge in [-0.2, -0.15) is 5.26 Å². The van der Waals surface area contributed by atoms with Crippen molar-refractivity contribution in [3.63, 3.8) is 0 Å². The lowest BCUT2D eigenvalue weighted by Gasteiger charge is -2.05. The topological polar surface area (TPSA) is 63.6 Å². The number of fused-ring (bicyclic) bond motifs is 1. The van der Waals surface area contributed by atoms with Gasteiger partial charge in [0.25, 0.3) is 0 Å². The summed E-state index contributed by atoms with van der Waals surface area (Å²) < 4.78 is 16.6. The standard InChI is InChI=1S/C18H15FN4O/c1-22-17-16(23(18(22)24)10-11-2-3-11)7-6-15(21-17)14-5-4-13(19)8-12(14)9-20/h4-8,11H,2-3,10H2,1H3. The SMILES string of the molecule is Cn1c(=O)n(CC2CC2)c2ccc(-c3ccc(F)cc3C#N)nc21. The molecule has 0 aliphatic heterocycles. The Morgan fingerprint density at radius 3 is 2.83 bits per heavy atom. The van der Waals surface area contributed by atoms with E-state index in [-0.39, 0.29) is 11.3 Å². The summed E-state index contributed by atoms with van der Waals surface area (Å²) in [7, 11) is 1.70. The van der Waals surface area contributed by atoms with Gasteiger partial charge in [0, 0.05) is 19.2 Å². The van der Waals surface area contributed by atoms with Crippen molar-refractivity contribution in [2.24, 2.45) is 13.0 Å². The molecule has 1 aliphatic rings. The number of hydrogen-bond donors (Lipinski definition) is 0. The van der Waals surface area contributed by atoms with Gasteiger partial charge in [-0.1, -0.05) is 0 Å². The molecule has 1 fully saturated rings. The minimum Gasteiger partial charge on any atom is -0.290 e. The molecule has 1 saturated carbocycles. The van der Waals surface area contributed by atoms with Crippen LogP contribution in [0, 0.1) is 23.1 Å². The first kappa shape index (κ1) is 14.6. The molecular formula is C18H15FN4O. The number of pyridine rings is 1. The maximum absolute atomic E-state index is 13.3. The zero-order valence-corrected chi connectivity index (χ0v) is 13.2. The first-order chi connectivity index (χ1) is 11.6. The number of rotatable bonds is 3. The van der Waals surface area contributed by atoms with Crippen LogP contribution in [0.4, 0.5) is 4.39 Å². The van der Waals surface area contributed by atoms with E-state index in [4.69, 9.17) is 0 Å². The number of halogens is 1. The predicted octanol–water partition coefficient (Wildman–Crippen LogP) is 2.82. The fourth-order valence-electron chi connectivity index (χ4n) is 2.99. The van der Waals surface area contributed by atoms with Gasteiger partial charge in [-0.05, 0) is 49.1 Å². The highest BCUT2D eigenvalue weighted by Gasteiger charge is 2.24. The lowest BCUT2D eigenvalue weighted by atomic mass is 10.0. The number of aromatic nitrogens is 3. The highest BCUT2D eigenvalue weighted by atomic mass is 19.1. The van der Waals surface area contributed by atoms with E-state index >= 15 is 0 Å². The van der Waals surface area contributed by atoms with Gasteiger partial charge in [0.2, 0.25) is 0 Å². The van der Waals surface area contributed by atoms with Crippen molar-refractivity contribution >= 4 is 11.2 Å². The Hall–Kier alpha value is -2.94. The molecule has 0 saturated heterocycles. The van der Waals surface area contributed by atoms with Crippen LogP contribution >= 0.6 is 0 Å². The molecule has 3 aromatic rings. The number of nitrogens with zero attached hydrogens (tertiary/aromatic N) is 4. The monoisotopic (exact) mass is 322 g/mol. The predicted molar refractivity (Wildman–Crippen MR) is 87.8 cm³/mol. The molecule has 2 aromatic heterocycles. The maximum Gasteiger partial charge on any atom is 0.330 e. The number of hydrogen-bond acceptors (Lipinski definition) is 3. The molecule has 6 heteroatoms. The molecule has 0 bridgehead atoms. The Bertz CT molecular complexity index is 1050. The number of aryl methyl sites for hydroxylation is 1. The summed E-state index contributed by atoms with van der Waals surface area (Å²) in [5.41, 5.74) is 2.62. The average Bonchev–Trinajstić information content (AvgIpc) is 3.38. The normalized spacial score (nSPS) is 14.0. The van der Waals surface area contributed by atoms with Crippen molar-refractivity contribution in [3.8, 4) is 17.3 Å². The lowest BCUT2D eigenvalue weighted by molar-refractivity contribution is 0.609. The third kappa shape index (κ3) is 2.29. The summed E-state index contributed by atoms with van der Waals surface area (Å²) in [6.07, 6.45) is 2.32. The van der Waals surface area contributed by atoms with Gasteiger partial charge < -0.3 is 0 Å². The fraction of sp³-hybridized carbons (Fsp3) is 0.278. The summed E-state index contributed by atoms with van der Waals surface area (Å²) in [5, 5.41) is 9.22. The zero-order valence-electron chi connectivity index (χ0n) is 13.2. The Morgan fingerprint density at radius 2 is 2.12 bits per heavy atom. The van der Waals surface area contributed by atoms with E-state index < -0.39 is 5.82 Å². The van der Waals surface area contributed by atoms with Crippen LogP contribution in [0.3, 0.4) is 0 Å². The van der Waals surface area contributed by atoms with Crippen LogP contribution in [0.5, 0.6) is 0 Å². The van der Waals surface area contributed by atoms with Crippen LogP contribution in [-0.2, 0) is 13.6 Å². The summed E-state index contributed by atoms with van der Waals surface area (Å²) in [6.45, 7) is 0.719. The molecule has 0 N–H and O–H groups in total. The third-order valence-corrected chi connectivity index (χ3v) is 4.50. The van der Waals surface area contributed by atoms with Crippen molar-refractivity contribution < 1.29 is 4.39 Å². The largest absolute Gasteiger partial charge is 0.330 e. The summed E-state index contributed by atoms with van der Waals surface area (Å²) >= 11 is 0. The van der Waals surface area contributed by atoms with Crippen LogP contribution in [0.25, 0.3) is 22.4 Å². The minimum absolute atomic E-state index is 0.0823.